The number of amides is 1. The highest BCUT2D eigenvalue weighted by Gasteiger charge is 2.32. The highest BCUT2D eigenvalue weighted by atomic mass is 32.2. The van der Waals surface area contributed by atoms with Crippen molar-refractivity contribution in [1.29, 1.82) is 0 Å². The van der Waals surface area contributed by atoms with E-state index in [1.165, 1.54) is 18.2 Å². The molecule has 3 rings (SSSR count). The van der Waals surface area contributed by atoms with E-state index >= 15 is 0 Å². The van der Waals surface area contributed by atoms with Crippen LogP contribution in [0, 0.1) is 10.1 Å². The molecule has 1 amide bonds. The smallest absolute Gasteiger partial charge is 0.271 e. The fraction of sp³-hybridized carbons (Fsp3) is 0.316. The Balaban J connectivity index is 1.82. The summed E-state index contributed by atoms with van der Waals surface area (Å²) in [5.41, 5.74) is 0.539. The maximum atomic E-state index is 12.9. The number of non-ortho nitro benzene ring substituents is 1. The maximum Gasteiger partial charge on any atom is 0.271 e. The van der Waals surface area contributed by atoms with Gasteiger partial charge in [-0.3, -0.25) is 19.2 Å². The van der Waals surface area contributed by atoms with Crippen LogP contribution in [0.15, 0.2) is 42.5 Å². The molecule has 160 valence electrons. The lowest BCUT2D eigenvalue weighted by Crippen LogP contribution is -2.49. The van der Waals surface area contributed by atoms with Gasteiger partial charge in [0.05, 0.1) is 16.9 Å². The molecular weight excluding hydrogens is 414 g/mol. The first-order chi connectivity index (χ1) is 14.2. The number of nitro groups is 1. The summed E-state index contributed by atoms with van der Waals surface area (Å²) in [5, 5.41) is 13.8. The molecule has 2 aromatic carbocycles. The molecule has 0 saturated carbocycles. The second kappa shape index (κ2) is 8.57. The van der Waals surface area contributed by atoms with Crippen molar-refractivity contribution < 1.29 is 27.6 Å². The standard InChI is InChI=1S/C19H21N3O7S/c1-3-16(19(23)20-11-13-7-8-17-18(9-13)29-12-28-17)21(30(2,26)27)14-5-4-6-15(10-14)22(24)25/h4-10,16H,3,11-12H2,1-2H3,(H,20,23)/t16-/m0/s1. The minimum Gasteiger partial charge on any atom is -0.454 e. The van der Waals surface area contributed by atoms with E-state index in [2.05, 4.69) is 5.32 Å². The fourth-order valence-electron chi connectivity index (χ4n) is 3.16. The number of ether oxygens (including phenoxy) is 2. The van der Waals surface area contributed by atoms with Gasteiger partial charge in [-0.05, 0) is 30.2 Å². The van der Waals surface area contributed by atoms with Crippen molar-refractivity contribution in [2.24, 2.45) is 0 Å². The van der Waals surface area contributed by atoms with Crippen molar-refractivity contribution >= 4 is 27.3 Å². The summed E-state index contributed by atoms with van der Waals surface area (Å²) in [6.45, 7) is 1.95. The molecule has 1 atom stereocenters. The number of benzene rings is 2. The van der Waals surface area contributed by atoms with Gasteiger partial charge in [-0.1, -0.05) is 19.1 Å². The summed E-state index contributed by atoms with van der Waals surface area (Å²) in [6, 6.07) is 9.34. The molecule has 10 nitrogen and oxygen atoms in total. The van der Waals surface area contributed by atoms with Gasteiger partial charge in [-0.25, -0.2) is 8.42 Å². The molecule has 0 unspecified atom stereocenters. The zero-order valence-corrected chi connectivity index (χ0v) is 17.2. The van der Waals surface area contributed by atoms with Gasteiger partial charge in [0.15, 0.2) is 11.5 Å². The van der Waals surface area contributed by atoms with E-state index in [-0.39, 0.29) is 31.1 Å². The van der Waals surface area contributed by atoms with E-state index in [1.807, 2.05) is 0 Å². The van der Waals surface area contributed by atoms with Crippen LogP contribution in [0.1, 0.15) is 18.9 Å². The van der Waals surface area contributed by atoms with Crippen LogP contribution >= 0.6 is 0 Å². The Morgan fingerprint density at radius 1 is 1.23 bits per heavy atom. The zero-order chi connectivity index (χ0) is 21.9. The first-order valence-electron chi connectivity index (χ1n) is 9.10. The van der Waals surface area contributed by atoms with Crippen molar-refractivity contribution in [2.75, 3.05) is 17.4 Å². The SMILES string of the molecule is CC[C@@H](C(=O)NCc1ccc2c(c1)OCO2)N(c1cccc([N+](=O)[O-])c1)S(C)(=O)=O. The second-order valence-electron chi connectivity index (χ2n) is 6.67. The van der Waals surface area contributed by atoms with Gasteiger partial charge in [0.2, 0.25) is 22.7 Å². The molecule has 0 bridgehead atoms. The first kappa shape index (κ1) is 21.4. The molecule has 0 aromatic heterocycles. The molecule has 0 radical (unpaired) electrons. The number of carbonyl (C=O) groups excluding carboxylic acids is 1. The van der Waals surface area contributed by atoms with Crippen molar-refractivity contribution in [3.05, 3.63) is 58.1 Å². The second-order valence-corrected chi connectivity index (χ2v) is 8.52. The van der Waals surface area contributed by atoms with E-state index < -0.39 is 26.9 Å². The Kier molecular flexibility index (Phi) is 6.11. The molecule has 2 aromatic rings. The molecule has 11 heteroatoms. The Labute approximate surface area is 173 Å². The Bertz CT molecular complexity index is 1070. The van der Waals surface area contributed by atoms with Gasteiger partial charge in [0.25, 0.3) is 5.69 Å². The van der Waals surface area contributed by atoms with Crippen molar-refractivity contribution in [2.45, 2.75) is 25.9 Å². The first-order valence-corrected chi connectivity index (χ1v) is 11.0. The molecular formula is C19H21N3O7S. The number of sulfonamides is 1. The topological polar surface area (TPSA) is 128 Å². The highest BCUT2D eigenvalue weighted by molar-refractivity contribution is 7.92. The average molecular weight is 435 g/mol. The summed E-state index contributed by atoms with van der Waals surface area (Å²) in [4.78, 5) is 23.3. The number of hydrogen-bond acceptors (Lipinski definition) is 7. The number of hydrogen-bond donors (Lipinski definition) is 1. The summed E-state index contributed by atoms with van der Waals surface area (Å²) >= 11 is 0. The molecule has 0 fully saturated rings. The summed E-state index contributed by atoms with van der Waals surface area (Å²) in [5.74, 6) is 0.667. The van der Waals surface area contributed by atoms with Gasteiger partial charge in [0, 0.05) is 18.7 Å². The summed E-state index contributed by atoms with van der Waals surface area (Å²) < 4.78 is 36.4. The molecule has 1 aliphatic rings. The number of nitrogens with zero attached hydrogens (tertiary/aromatic N) is 2. The van der Waals surface area contributed by atoms with E-state index in [1.54, 1.807) is 25.1 Å². The molecule has 0 saturated heterocycles. The van der Waals surface area contributed by atoms with Crippen molar-refractivity contribution in [1.82, 2.24) is 5.32 Å². The lowest BCUT2D eigenvalue weighted by atomic mass is 10.1. The minimum absolute atomic E-state index is 0.0526. The summed E-state index contributed by atoms with van der Waals surface area (Å²) in [6.07, 6.45) is 1.13. The molecule has 1 N–H and O–H groups in total. The van der Waals surface area contributed by atoms with Crippen LogP contribution in [0.25, 0.3) is 0 Å². The van der Waals surface area contributed by atoms with Gasteiger partial charge in [-0.15, -0.1) is 0 Å². The Hall–Kier alpha value is -3.34. The molecule has 1 heterocycles. The Morgan fingerprint density at radius 2 is 1.97 bits per heavy atom. The highest BCUT2D eigenvalue weighted by Crippen LogP contribution is 2.32. The van der Waals surface area contributed by atoms with Crippen LogP contribution in [-0.2, 0) is 21.4 Å². The van der Waals surface area contributed by atoms with E-state index in [0.717, 1.165) is 22.2 Å². The zero-order valence-electron chi connectivity index (χ0n) is 16.4. The average Bonchev–Trinajstić information content (AvgIpc) is 3.17. The number of carbonyl (C=O) groups is 1. The van der Waals surface area contributed by atoms with Gasteiger partial charge in [0.1, 0.15) is 6.04 Å². The number of anilines is 1. The number of nitrogens with one attached hydrogen (secondary N) is 1. The molecule has 0 aliphatic carbocycles. The van der Waals surface area contributed by atoms with Crippen LogP contribution in [0.2, 0.25) is 0 Å². The van der Waals surface area contributed by atoms with Crippen LogP contribution in [0.4, 0.5) is 11.4 Å². The van der Waals surface area contributed by atoms with Gasteiger partial charge in [-0.2, -0.15) is 0 Å². The number of nitro benzene ring substituents is 1. The minimum atomic E-state index is -3.89. The molecule has 30 heavy (non-hydrogen) atoms. The van der Waals surface area contributed by atoms with Crippen molar-refractivity contribution in [3.8, 4) is 11.5 Å². The number of rotatable bonds is 8. The monoisotopic (exact) mass is 435 g/mol. The lowest BCUT2D eigenvalue weighted by molar-refractivity contribution is -0.384. The fourth-order valence-corrected chi connectivity index (χ4v) is 4.37. The van der Waals surface area contributed by atoms with Crippen molar-refractivity contribution in [3.63, 3.8) is 0 Å². The van der Waals surface area contributed by atoms with E-state index in [0.29, 0.717) is 11.5 Å². The maximum absolute atomic E-state index is 12.9. The largest absolute Gasteiger partial charge is 0.454 e. The summed E-state index contributed by atoms with van der Waals surface area (Å²) in [7, 11) is -3.89. The van der Waals surface area contributed by atoms with Crippen LogP contribution in [0.5, 0.6) is 11.5 Å². The van der Waals surface area contributed by atoms with Gasteiger partial charge >= 0.3 is 0 Å². The van der Waals surface area contributed by atoms with E-state index in [4.69, 9.17) is 9.47 Å². The molecule has 1 aliphatic heterocycles. The third kappa shape index (κ3) is 4.62. The Morgan fingerprint density at radius 3 is 2.63 bits per heavy atom. The number of fused-ring (bicyclic) bond motifs is 1. The predicted octanol–water partition coefficient (Wildman–Crippen LogP) is 2.18. The van der Waals surface area contributed by atoms with Crippen LogP contribution < -0.4 is 19.1 Å². The predicted molar refractivity (Wildman–Crippen MR) is 109 cm³/mol. The van der Waals surface area contributed by atoms with E-state index in [9.17, 15) is 23.3 Å². The lowest BCUT2D eigenvalue weighted by Gasteiger charge is -2.30. The third-order valence-electron chi connectivity index (χ3n) is 4.53. The van der Waals surface area contributed by atoms with Gasteiger partial charge < -0.3 is 14.8 Å². The normalized spacial score (nSPS) is 13.5. The third-order valence-corrected chi connectivity index (χ3v) is 5.71. The quantitative estimate of drug-likeness (QED) is 0.497. The van der Waals surface area contributed by atoms with Crippen LogP contribution in [0.3, 0.4) is 0 Å². The molecule has 0 spiro atoms. The van der Waals surface area contributed by atoms with Crippen LogP contribution in [-0.4, -0.2) is 38.3 Å².